The van der Waals surface area contributed by atoms with Gasteiger partial charge in [0, 0.05) is 12.8 Å². The summed E-state index contributed by atoms with van der Waals surface area (Å²) in [5.74, 6) is 1.75. The lowest BCUT2D eigenvalue weighted by Crippen LogP contribution is -2.21. The van der Waals surface area contributed by atoms with E-state index in [2.05, 4.69) is 29.4 Å². The average Bonchev–Trinajstić information content (AvgIpc) is 2.58. The van der Waals surface area contributed by atoms with Gasteiger partial charge in [-0.05, 0) is 19.0 Å². The second-order valence-electron chi connectivity index (χ2n) is 3.45. The predicted molar refractivity (Wildman–Crippen MR) is 59.4 cm³/mol. The van der Waals surface area contributed by atoms with Crippen LogP contribution in [0.15, 0.2) is 11.5 Å². The van der Waals surface area contributed by atoms with Crippen LogP contribution >= 0.6 is 11.8 Å². The lowest BCUT2D eigenvalue weighted by atomic mass is 10.2. The average molecular weight is 214 g/mol. The van der Waals surface area contributed by atoms with Gasteiger partial charge >= 0.3 is 0 Å². The molecule has 1 unspecified atom stereocenters. The highest BCUT2D eigenvalue weighted by Crippen LogP contribution is 2.16. The van der Waals surface area contributed by atoms with Crippen LogP contribution in [0.1, 0.15) is 13.8 Å². The third-order valence-corrected chi connectivity index (χ3v) is 3.27. The molecule has 4 nitrogen and oxygen atoms in total. The monoisotopic (exact) mass is 214 g/mol. The zero-order valence-corrected chi connectivity index (χ0v) is 9.84. The van der Waals surface area contributed by atoms with E-state index in [9.17, 15) is 0 Å². The molecule has 0 fully saturated rings. The van der Waals surface area contributed by atoms with Crippen molar-refractivity contribution in [2.75, 3.05) is 18.8 Å². The zero-order chi connectivity index (χ0) is 10.4. The Morgan fingerprint density at radius 3 is 3.00 bits per heavy atom. The van der Waals surface area contributed by atoms with Gasteiger partial charge in [-0.15, -0.1) is 10.2 Å². The molecular formula is C9H18N4S. The molecule has 0 saturated carbocycles. The second kappa shape index (κ2) is 6.03. The van der Waals surface area contributed by atoms with Gasteiger partial charge in [0.15, 0.2) is 5.16 Å². The highest BCUT2D eigenvalue weighted by atomic mass is 32.2. The van der Waals surface area contributed by atoms with Crippen LogP contribution in [-0.2, 0) is 7.05 Å². The van der Waals surface area contributed by atoms with E-state index in [4.69, 9.17) is 0 Å². The lowest BCUT2D eigenvalue weighted by molar-refractivity contribution is 0.573. The molecule has 0 saturated heterocycles. The van der Waals surface area contributed by atoms with Gasteiger partial charge in [-0.3, -0.25) is 0 Å². The molecule has 0 aliphatic heterocycles. The molecule has 1 aromatic rings. The summed E-state index contributed by atoms with van der Waals surface area (Å²) in [6, 6.07) is 0. The van der Waals surface area contributed by atoms with Crippen LogP contribution in [0, 0.1) is 5.92 Å². The van der Waals surface area contributed by atoms with E-state index in [1.807, 2.05) is 11.6 Å². The largest absolute Gasteiger partial charge is 0.317 e. The highest BCUT2D eigenvalue weighted by Gasteiger charge is 2.05. The molecule has 1 heterocycles. The van der Waals surface area contributed by atoms with Gasteiger partial charge in [0.25, 0.3) is 0 Å². The van der Waals surface area contributed by atoms with Gasteiger partial charge in [0.1, 0.15) is 6.33 Å². The first-order chi connectivity index (χ1) is 6.74. The standard InChI is InChI=1S/C9H18N4S/c1-4-10-5-8(2)6-14-9-12-11-7-13(9)3/h7-8,10H,4-6H2,1-3H3. The molecule has 80 valence electrons. The molecule has 0 spiro atoms. The summed E-state index contributed by atoms with van der Waals surface area (Å²) >= 11 is 1.76. The number of hydrogen-bond donors (Lipinski definition) is 1. The van der Waals surface area contributed by atoms with Crippen LogP contribution in [-0.4, -0.2) is 33.6 Å². The van der Waals surface area contributed by atoms with E-state index in [0.717, 1.165) is 24.0 Å². The van der Waals surface area contributed by atoms with Crippen LogP contribution < -0.4 is 5.32 Å². The summed E-state index contributed by atoms with van der Waals surface area (Å²) in [7, 11) is 1.97. The molecule has 0 bridgehead atoms. The molecule has 5 heteroatoms. The molecule has 0 radical (unpaired) electrons. The Hall–Kier alpha value is -0.550. The maximum atomic E-state index is 4.02. The first kappa shape index (κ1) is 11.5. The number of aromatic nitrogens is 3. The van der Waals surface area contributed by atoms with Gasteiger partial charge < -0.3 is 9.88 Å². The van der Waals surface area contributed by atoms with Gasteiger partial charge in [0.2, 0.25) is 0 Å². The van der Waals surface area contributed by atoms with Gasteiger partial charge in [-0.2, -0.15) is 0 Å². The third kappa shape index (κ3) is 3.67. The number of hydrogen-bond acceptors (Lipinski definition) is 4. The van der Waals surface area contributed by atoms with Crippen molar-refractivity contribution in [1.82, 2.24) is 20.1 Å². The van der Waals surface area contributed by atoms with Crippen molar-refractivity contribution in [2.24, 2.45) is 13.0 Å². The minimum atomic E-state index is 0.664. The van der Waals surface area contributed by atoms with Crippen molar-refractivity contribution in [3.8, 4) is 0 Å². The molecule has 1 rings (SSSR count). The topological polar surface area (TPSA) is 42.7 Å². The predicted octanol–water partition coefficient (Wildman–Crippen LogP) is 1.15. The minimum absolute atomic E-state index is 0.664. The van der Waals surface area contributed by atoms with Crippen molar-refractivity contribution < 1.29 is 0 Å². The highest BCUT2D eigenvalue weighted by molar-refractivity contribution is 7.99. The lowest BCUT2D eigenvalue weighted by Gasteiger charge is -2.10. The molecule has 0 amide bonds. The van der Waals surface area contributed by atoms with Crippen molar-refractivity contribution in [2.45, 2.75) is 19.0 Å². The van der Waals surface area contributed by atoms with Crippen molar-refractivity contribution in [3.63, 3.8) is 0 Å². The molecule has 0 aliphatic rings. The summed E-state index contributed by atoms with van der Waals surface area (Å²) in [4.78, 5) is 0. The van der Waals surface area contributed by atoms with Crippen molar-refractivity contribution in [1.29, 1.82) is 0 Å². The fourth-order valence-corrected chi connectivity index (χ4v) is 1.98. The summed E-state index contributed by atoms with van der Waals surface area (Å²) in [6.07, 6.45) is 1.73. The number of rotatable bonds is 6. The van der Waals surface area contributed by atoms with E-state index in [0.29, 0.717) is 5.92 Å². The van der Waals surface area contributed by atoms with Gasteiger partial charge in [-0.1, -0.05) is 25.6 Å². The molecular weight excluding hydrogens is 196 g/mol. The molecule has 0 aliphatic carbocycles. The van der Waals surface area contributed by atoms with Crippen LogP contribution in [0.3, 0.4) is 0 Å². The van der Waals surface area contributed by atoms with E-state index >= 15 is 0 Å². The van der Waals surface area contributed by atoms with E-state index in [1.165, 1.54) is 0 Å². The Labute approximate surface area is 89.5 Å². The molecule has 1 aromatic heterocycles. The smallest absolute Gasteiger partial charge is 0.190 e. The van der Waals surface area contributed by atoms with E-state index in [-0.39, 0.29) is 0 Å². The number of aryl methyl sites for hydroxylation is 1. The third-order valence-electron chi connectivity index (χ3n) is 1.91. The Balaban J connectivity index is 2.23. The maximum Gasteiger partial charge on any atom is 0.190 e. The molecule has 1 N–H and O–H groups in total. The Bertz CT molecular complexity index is 261. The summed E-state index contributed by atoms with van der Waals surface area (Å²) < 4.78 is 1.95. The fourth-order valence-electron chi connectivity index (χ4n) is 1.07. The first-order valence-electron chi connectivity index (χ1n) is 4.91. The number of thioether (sulfide) groups is 1. The molecule has 14 heavy (non-hydrogen) atoms. The maximum absolute atomic E-state index is 4.02. The minimum Gasteiger partial charge on any atom is -0.317 e. The van der Waals surface area contributed by atoms with Gasteiger partial charge in [0.05, 0.1) is 0 Å². The number of nitrogens with zero attached hydrogens (tertiary/aromatic N) is 3. The first-order valence-corrected chi connectivity index (χ1v) is 5.90. The Kier molecular flexibility index (Phi) is 4.97. The van der Waals surface area contributed by atoms with Crippen LogP contribution in [0.4, 0.5) is 0 Å². The van der Waals surface area contributed by atoms with Crippen LogP contribution in [0.25, 0.3) is 0 Å². The number of nitrogens with one attached hydrogen (secondary N) is 1. The van der Waals surface area contributed by atoms with E-state index in [1.54, 1.807) is 18.1 Å². The Morgan fingerprint density at radius 1 is 1.64 bits per heavy atom. The summed E-state index contributed by atoms with van der Waals surface area (Å²) in [6.45, 7) is 6.48. The molecule has 0 aromatic carbocycles. The second-order valence-corrected chi connectivity index (χ2v) is 4.44. The Morgan fingerprint density at radius 2 is 2.43 bits per heavy atom. The van der Waals surface area contributed by atoms with Gasteiger partial charge in [-0.25, -0.2) is 0 Å². The summed E-state index contributed by atoms with van der Waals surface area (Å²) in [5, 5.41) is 12.2. The SMILES string of the molecule is CCNCC(C)CSc1nncn1C. The van der Waals surface area contributed by atoms with E-state index < -0.39 is 0 Å². The van der Waals surface area contributed by atoms with Crippen molar-refractivity contribution >= 4 is 11.8 Å². The zero-order valence-electron chi connectivity index (χ0n) is 9.03. The van der Waals surface area contributed by atoms with Crippen molar-refractivity contribution in [3.05, 3.63) is 6.33 Å². The fraction of sp³-hybridized carbons (Fsp3) is 0.778. The molecule has 1 atom stereocenters. The summed E-state index contributed by atoms with van der Waals surface area (Å²) in [5.41, 5.74) is 0. The normalized spacial score (nSPS) is 13.1. The van der Waals surface area contributed by atoms with Crippen LogP contribution in [0.5, 0.6) is 0 Å². The quantitative estimate of drug-likeness (QED) is 0.721. The van der Waals surface area contributed by atoms with Crippen LogP contribution in [0.2, 0.25) is 0 Å².